The lowest BCUT2D eigenvalue weighted by molar-refractivity contribution is 0.0572. The van der Waals surface area contributed by atoms with E-state index in [9.17, 15) is 10.2 Å². The van der Waals surface area contributed by atoms with Gasteiger partial charge in [0, 0.05) is 25.7 Å². The highest BCUT2D eigenvalue weighted by Gasteiger charge is 2.32. The third-order valence-corrected chi connectivity index (χ3v) is 4.36. The zero-order valence-corrected chi connectivity index (χ0v) is 10.8. The van der Waals surface area contributed by atoms with Gasteiger partial charge in [0.25, 0.3) is 0 Å². The number of aliphatic hydroxyl groups excluding tert-OH is 2. The Morgan fingerprint density at radius 2 is 1.71 bits per heavy atom. The van der Waals surface area contributed by atoms with Crippen LogP contribution in [0, 0.1) is 5.92 Å². The molecular weight excluding hydrogens is 216 g/mol. The molecule has 0 amide bonds. The van der Waals surface area contributed by atoms with E-state index in [4.69, 9.17) is 0 Å². The smallest absolute Gasteiger partial charge is 0.0938 e. The molecular formula is C13H26N2O2. The van der Waals surface area contributed by atoms with E-state index in [2.05, 4.69) is 17.3 Å². The van der Waals surface area contributed by atoms with Gasteiger partial charge >= 0.3 is 0 Å². The first-order chi connectivity index (χ1) is 8.20. The third kappa shape index (κ3) is 3.41. The Kier molecular flexibility index (Phi) is 4.79. The summed E-state index contributed by atoms with van der Waals surface area (Å²) in [5, 5.41) is 22.6. The maximum Gasteiger partial charge on any atom is 0.0938 e. The summed E-state index contributed by atoms with van der Waals surface area (Å²) in [4.78, 5) is 2.22. The number of rotatable bonds is 3. The van der Waals surface area contributed by atoms with Gasteiger partial charge in [-0.15, -0.1) is 0 Å². The summed E-state index contributed by atoms with van der Waals surface area (Å²) in [6.45, 7) is 2.28. The molecule has 1 heterocycles. The van der Waals surface area contributed by atoms with Crippen LogP contribution < -0.4 is 5.32 Å². The van der Waals surface area contributed by atoms with E-state index in [1.165, 1.54) is 32.1 Å². The van der Waals surface area contributed by atoms with Crippen molar-refractivity contribution in [3.05, 3.63) is 0 Å². The van der Waals surface area contributed by atoms with Gasteiger partial charge in [0.1, 0.15) is 0 Å². The van der Waals surface area contributed by atoms with Crippen LogP contribution in [0.25, 0.3) is 0 Å². The van der Waals surface area contributed by atoms with Crippen LogP contribution >= 0.6 is 0 Å². The zero-order chi connectivity index (χ0) is 12.3. The van der Waals surface area contributed by atoms with Gasteiger partial charge in [0.05, 0.1) is 12.2 Å². The Labute approximate surface area is 104 Å². The summed E-state index contributed by atoms with van der Waals surface area (Å²) in [6.07, 6.45) is 5.44. The normalized spacial score (nSPS) is 40.4. The maximum atomic E-state index is 9.57. The molecule has 2 aliphatic rings. The molecule has 4 nitrogen and oxygen atoms in total. The molecule has 1 aliphatic carbocycles. The monoisotopic (exact) mass is 242 g/mol. The molecule has 1 saturated carbocycles. The van der Waals surface area contributed by atoms with Crippen molar-refractivity contribution in [2.24, 2.45) is 5.92 Å². The lowest BCUT2D eigenvalue weighted by atomic mass is 9.94. The van der Waals surface area contributed by atoms with Gasteiger partial charge in [-0.3, -0.25) is 4.90 Å². The number of hydrogen-bond acceptors (Lipinski definition) is 4. The summed E-state index contributed by atoms with van der Waals surface area (Å²) < 4.78 is 0. The first-order valence-corrected chi connectivity index (χ1v) is 6.96. The molecule has 3 N–H and O–H groups in total. The quantitative estimate of drug-likeness (QED) is 0.619. The van der Waals surface area contributed by atoms with Gasteiger partial charge in [-0.05, 0) is 25.8 Å². The van der Waals surface area contributed by atoms with Crippen molar-refractivity contribution in [2.75, 3.05) is 26.7 Å². The lowest BCUT2D eigenvalue weighted by Crippen LogP contribution is -2.40. The second-order valence-corrected chi connectivity index (χ2v) is 5.65. The summed E-state index contributed by atoms with van der Waals surface area (Å²) in [5.41, 5.74) is 0. The number of nitrogens with one attached hydrogen (secondary N) is 1. The third-order valence-electron chi connectivity index (χ3n) is 4.36. The molecule has 1 saturated heterocycles. The van der Waals surface area contributed by atoms with Crippen LogP contribution in [0.2, 0.25) is 0 Å². The van der Waals surface area contributed by atoms with E-state index in [-0.39, 0.29) is 0 Å². The maximum absolute atomic E-state index is 9.57. The molecule has 4 atom stereocenters. The molecule has 100 valence electrons. The Morgan fingerprint density at radius 3 is 2.35 bits per heavy atom. The molecule has 0 bridgehead atoms. The van der Waals surface area contributed by atoms with Crippen molar-refractivity contribution >= 4 is 0 Å². The standard InChI is InChI=1S/C13H26N2O2/c1-14-11-6-4-2-3-5-10(11)7-15-8-12(16)13(17)9-15/h10-14,16-17H,2-9H2,1H3. The fourth-order valence-electron chi connectivity index (χ4n) is 3.31. The van der Waals surface area contributed by atoms with Crippen LogP contribution in [0.15, 0.2) is 0 Å². The first-order valence-electron chi connectivity index (χ1n) is 6.96. The molecule has 2 fully saturated rings. The highest BCUT2D eigenvalue weighted by molar-refractivity contribution is 4.87. The van der Waals surface area contributed by atoms with E-state index in [0.29, 0.717) is 25.0 Å². The average molecular weight is 242 g/mol. The Hall–Kier alpha value is -0.160. The second-order valence-electron chi connectivity index (χ2n) is 5.65. The molecule has 4 heteroatoms. The van der Waals surface area contributed by atoms with E-state index in [1.807, 2.05) is 0 Å². The molecule has 0 aromatic heterocycles. The SMILES string of the molecule is CNC1CCCCCC1CN1CC(O)C(O)C1. The minimum absolute atomic E-state index is 0.547. The van der Waals surface area contributed by atoms with Crippen LogP contribution in [0.1, 0.15) is 32.1 Å². The number of aliphatic hydroxyl groups is 2. The predicted molar refractivity (Wildman–Crippen MR) is 67.9 cm³/mol. The van der Waals surface area contributed by atoms with E-state index in [1.54, 1.807) is 0 Å². The molecule has 17 heavy (non-hydrogen) atoms. The van der Waals surface area contributed by atoms with E-state index in [0.717, 1.165) is 6.54 Å². The second kappa shape index (κ2) is 6.14. The molecule has 4 unspecified atom stereocenters. The molecule has 0 spiro atoms. The molecule has 0 radical (unpaired) electrons. The van der Waals surface area contributed by atoms with Crippen molar-refractivity contribution < 1.29 is 10.2 Å². The summed E-state index contributed by atoms with van der Waals surface area (Å²) in [6, 6.07) is 0.604. The number of hydrogen-bond donors (Lipinski definition) is 3. The van der Waals surface area contributed by atoms with Gasteiger partial charge in [0.2, 0.25) is 0 Å². The average Bonchev–Trinajstić information content (AvgIpc) is 2.53. The number of likely N-dealkylation sites (tertiary alicyclic amines) is 1. The van der Waals surface area contributed by atoms with Crippen LogP contribution in [-0.2, 0) is 0 Å². The largest absolute Gasteiger partial charge is 0.389 e. The minimum Gasteiger partial charge on any atom is -0.389 e. The summed E-state index contributed by atoms with van der Waals surface area (Å²) in [7, 11) is 2.05. The minimum atomic E-state index is -0.547. The van der Waals surface area contributed by atoms with E-state index >= 15 is 0 Å². The van der Waals surface area contributed by atoms with Crippen molar-refractivity contribution in [2.45, 2.75) is 50.4 Å². The fraction of sp³-hybridized carbons (Fsp3) is 1.00. The number of nitrogens with zero attached hydrogens (tertiary/aromatic N) is 1. The van der Waals surface area contributed by atoms with Gasteiger partial charge < -0.3 is 15.5 Å². The van der Waals surface area contributed by atoms with Crippen molar-refractivity contribution in [3.8, 4) is 0 Å². The van der Waals surface area contributed by atoms with Crippen LogP contribution in [0.4, 0.5) is 0 Å². The fourth-order valence-corrected chi connectivity index (χ4v) is 3.31. The Morgan fingerprint density at radius 1 is 1.06 bits per heavy atom. The molecule has 0 aromatic carbocycles. The van der Waals surface area contributed by atoms with Gasteiger partial charge in [-0.25, -0.2) is 0 Å². The van der Waals surface area contributed by atoms with Gasteiger partial charge in [-0.2, -0.15) is 0 Å². The Balaban J connectivity index is 1.87. The lowest BCUT2D eigenvalue weighted by Gasteiger charge is -2.29. The van der Waals surface area contributed by atoms with Crippen molar-refractivity contribution in [1.82, 2.24) is 10.2 Å². The highest BCUT2D eigenvalue weighted by Crippen LogP contribution is 2.25. The molecule has 0 aromatic rings. The topological polar surface area (TPSA) is 55.7 Å². The summed E-state index contributed by atoms with van der Waals surface area (Å²) >= 11 is 0. The zero-order valence-electron chi connectivity index (χ0n) is 10.8. The van der Waals surface area contributed by atoms with Gasteiger partial charge in [-0.1, -0.05) is 19.3 Å². The van der Waals surface area contributed by atoms with Gasteiger partial charge in [0.15, 0.2) is 0 Å². The molecule has 1 aliphatic heterocycles. The van der Waals surface area contributed by atoms with E-state index < -0.39 is 12.2 Å². The first kappa shape index (κ1) is 13.3. The summed E-state index contributed by atoms with van der Waals surface area (Å²) in [5.74, 6) is 0.667. The Bertz CT molecular complexity index is 227. The van der Waals surface area contributed by atoms with Crippen molar-refractivity contribution in [1.29, 1.82) is 0 Å². The van der Waals surface area contributed by atoms with Crippen LogP contribution in [-0.4, -0.2) is 60.0 Å². The van der Waals surface area contributed by atoms with Crippen LogP contribution in [0.3, 0.4) is 0 Å². The van der Waals surface area contributed by atoms with Crippen LogP contribution in [0.5, 0.6) is 0 Å². The highest BCUT2D eigenvalue weighted by atomic mass is 16.3. The number of β-amino-alcohol motifs (C(OH)–C–C–N with tert-alkyl or cyclic N) is 2. The predicted octanol–water partition coefficient (Wildman–Crippen LogP) is 0.192. The van der Waals surface area contributed by atoms with Crippen molar-refractivity contribution in [3.63, 3.8) is 0 Å². The molecule has 2 rings (SSSR count).